The molecule has 3 aromatic rings. The van der Waals surface area contributed by atoms with E-state index in [1.165, 1.54) is 17.8 Å². The van der Waals surface area contributed by atoms with E-state index in [4.69, 9.17) is 15.0 Å². The number of hydrogen-bond acceptors (Lipinski definition) is 7. The van der Waals surface area contributed by atoms with E-state index in [1.807, 2.05) is 17.0 Å². The number of halogens is 3. The summed E-state index contributed by atoms with van der Waals surface area (Å²) in [6.07, 6.45) is 0.0531. The molecule has 1 unspecified atom stereocenters. The molecule has 7 nitrogen and oxygen atoms in total. The second-order valence-corrected chi connectivity index (χ2v) is 9.34. The van der Waals surface area contributed by atoms with E-state index in [-0.39, 0.29) is 5.82 Å². The molecule has 2 aliphatic rings. The molecule has 0 aliphatic carbocycles. The van der Waals surface area contributed by atoms with Crippen molar-refractivity contribution in [2.75, 3.05) is 47.4 Å². The standard InChI is InChI=1S/C26H30F3N7/c1-3-19-8-4-9-20(17-19)22-31-24(33-25(32-22)36-12-6-7-18(36)2)35-15-13-34(14-16-35)23-21(26(27,28)29)10-5-11-30-23/h4-5,8-11,17-18H,3,6-7,12-16H2,1-2H3. The number of aryl methyl sites for hydroxylation is 1. The molecule has 2 aliphatic heterocycles. The van der Waals surface area contributed by atoms with Crippen LogP contribution >= 0.6 is 0 Å². The van der Waals surface area contributed by atoms with E-state index in [9.17, 15) is 13.2 Å². The Kier molecular flexibility index (Phi) is 6.68. The Labute approximate surface area is 209 Å². The Morgan fingerprint density at radius 2 is 1.67 bits per heavy atom. The summed E-state index contributed by atoms with van der Waals surface area (Å²) in [4.78, 5) is 24.5. The first-order valence-electron chi connectivity index (χ1n) is 12.5. The van der Waals surface area contributed by atoms with Crippen molar-refractivity contribution in [1.82, 2.24) is 19.9 Å². The number of anilines is 3. The number of benzene rings is 1. The third-order valence-corrected chi connectivity index (χ3v) is 6.97. The Balaban J connectivity index is 1.43. The summed E-state index contributed by atoms with van der Waals surface area (Å²) >= 11 is 0. The first-order chi connectivity index (χ1) is 17.3. The number of aromatic nitrogens is 4. The van der Waals surface area contributed by atoms with Crippen LogP contribution in [0.2, 0.25) is 0 Å². The molecule has 4 heterocycles. The number of piperazine rings is 1. The molecule has 36 heavy (non-hydrogen) atoms. The van der Waals surface area contributed by atoms with Crippen LogP contribution < -0.4 is 14.7 Å². The number of hydrogen-bond donors (Lipinski definition) is 0. The van der Waals surface area contributed by atoms with Gasteiger partial charge in [0.05, 0.1) is 5.56 Å². The van der Waals surface area contributed by atoms with Crippen LogP contribution in [0.3, 0.4) is 0 Å². The maximum atomic E-state index is 13.5. The minimum atomic E-state index is -4.45. The van der Waals surface area contributed by atoms with Gasteiger partial charge in [0.1, 0.15) is 5.82 Å². The molecule has 10 heteroatoms. The normalized spacial score (nSPS) is 18.7. The van der Waals surface area contributed by atoms with Crippen LogP contribution in [0.4, 0.5) is 30.9 Å². The van der Waals surface area contributed by atoms with Crippen LogP contribution in [0.1, 0.15) is 37.8 Å². The molecule has 0 saturated carbocycles. The Morgan fingerprint density at radius 1 is 0.917 bits per heavy atom. The number of pyridine rings is 1. The quantitative estimate of drug-likeness (QED) is 0.500. The maximum Gasteiger partial charge on any atom is 0.419 e. The highest BCUT2D eigenvalue weighted by molar-refractivity contribution is 5.60. The average molecular weight is 498 g/mol. The SMILES string of the molecule is CCc1cccc(-c2nc(N3CCN(c4ncccc4C(F)(F)F)CC3)nc(N3CCCC3C)n2)c1. The van der Waals surface area contributed by atoms with Gasteiger partial charge in [-0.25, -0.2) is 4.98 Å². The van der Waals surface area contributed by atoms with Crippen molar-refractivity contribution in [3.63, 3.8) is 0 Å². The minimum Gasteiger partial charge on any atom is -0.353 e. The summed E-state index contributed by atoms with van der Waals surface area (Å²) < 4.78 is 40.6. The highest BCUT2D eigenvalue weighted by Crippen LogP contribution is 2.35. The molecule has 0 amide bonds. The van der Waals surface area contributed by atoms with E-state index in [0.29, 0.717) is 49.9 Å². The van der Waals surface area contributed by atoms with Crippen LogP contribution in [-0.4, -0.2) is 58.7 Å². The molecule has 0 radical (unpaired) electrons. The van der Waals surface area contributed by atoms with Crippen molar-refractivity contribution in [1.29, 1.82) is 0 Å². The van der Waals surface area contributed by atoms with E-state index >= 15 is 0 Å². The third-order valence-electron chi connectivity index (χ3n) is 6.97. The highest BCUT2D eigenvalue weighted by atomic mass is 19.4. The van der Waals surface area contributed by atoms with Crippen LogP contribution in [0.15, 0.2) is 42.6 Å². The van der Waals surface area contributed by atoms with Gasteiger partial charge in [0.25, 0.3) is 0 Å². The lowest BCUT2D eigenvalue weighted by Crippen LogP contribution is -2.48. The van der Waals surface area contributed by atoms with Gasteiger partial charge in [0, 0.05) is 50.5 Å². The molecule has 1 aromatic carbocycles. The van der Waals surface area contributed by atoms with Crippen molar-refractivity contribution in [2.24, 2.45) is 0 Å². The van der Waals surface area contributed by atoms with E-state index < -0.39 is 11.7 Å². The Hall–Kier alpha value is -3.43. The Morgan fingerprint density at radius 3 is 2.36 bits per heavy atom. The zero-order chi connectivity index (χ0) is 25.3. The lowest BCUT2D eigenvalue weighted by Gasteiger charge is -2.36. The van der Waals surface area contributed by atoms with Gasteiger partial charge in [-0.05, 0) is 49.9 Å². The zero-order valence-electron chi connectivity index (χ0n) is 20.5. The largest absolute Gasteiger partial charge is 0.419 e. The summed E-state index contributed by atoms with van der Waals surface area (Å²) in [5, 5.41) is 0. The van der Waals surface area contributed by atoms with Crippen LogP contribution in [-0.2, 0) is 12.6 Å². The van der Waals surface area contributed by atoms with Gasteiger partial charge in [-0.1, -0.05) is 25.1 Å². The predicted molar refractivity (Wildman–Crippen MR) is 134 cm³/mol. The lowest BCUT2D eigenvalue weighted by molar-refractivity contribution is -0.137. The molecular weight excluding hydrogens is 467 g/mol. The Bertz CT molecular complexity index is 1210. The lowest BCUT2D eigenvalue weighted by atomic mass is 10.1. The van der Waals surface area contributed by atoms with Gasteiger partial charge >= 0.3 is 6.18 Å². The fourth-order valence-corrected chi connectivity index (χ4v) is 4.90. The van der Waals surface area contributed by atoms with Crippen molar-refractivity contribution < 1.29 is 13.2 Å². The summed E-state index contributed by atoms with van der Waals surface area (Å²) in [5.41, 5.74) is 1.44. The van der Waals surface area contributed by atoms with Gasteiger partial charge in [0.15, 0.2) is 5.82 Å². The van der Waals surface area contributed by atoms with Gasteiger partial charge in [-0.15, -0.1) is 0 Å². The maximum absolute atomic E-state index is 13.5. The van der Waals surface area contributed by atoms with Gasteiger partial charge in [0.2, 0.25) is 11.9 Å². The molecule has 0 N–H and O–H groups in total. The molecule has 5 rings (SSSR count). The molecular formula is C26H30F3N7. The van der Waals surface area contributed by atoms with Crippen molar-refractivity contribution in [2.45, 2.75) is 45.3 Å². The number of alkyl halides is 3. The summed E-state index contributed by atoms with van der Waals surface area (Å²) in [6, 6.07) is 11.0. The summed E-state index contributed by atoms with van der Waals surface area (Å²) in [6.45, 7) is 6.94. The molecule has 2 aromatic heterocycles. The minimum absolute atomic E-state index is 0.0241. The van der Waals surface area contributed by atoms with E-state index in [1.54, 1.807) is 4.90 Å². The van der Waals surface area contributed by atoms with E-state index in [0.717, 1.165) is 37.4 Å². The second-order valence-electron chi connectivity index (χ2n) is 9.34. The second kappa shape index (κ2) is 9.91. The predicted octanol–water partition coefficient (Wildman–Crippen LogP) is 4.83. The summed E-state index contributed by atoms with van der Waals surface area (Å²) in [7, 11) is 0. The fraction of sp³-hybridized carbons (Fsp3) is 0.462. The topological polar surface area (TPSA) is 61.3 Å². The first kappa shape index (κ1) is 24.3. The molecule has 0 bridgehead atoms. The van der Waals surface area contributed by atoms with E-state index in [2.05, 4.69) is 35.9 Å². The van der Waals surface area contributed by atoms with Gasteiger partial charge in [-0.2, -0.15) is 28.1 Å². The number of rotatable bonds is 5. The van der Waals surface area contributed by atoms with Crippen molar-refractivity contribution in [3.8, 4) is 11.4 Å². The monoisotopic (exact) mass is 497 g/mol. The molecule has 2 saturated heterocycles. The smallest absolute Gasteiger partial charge is 0.353 e. The molecule has 1 atom stereocenters. The molecule has 2 fully saturated rings. The third kappa shape index (κ3) is 4.94. The van der Waals surface area contributed by atoms with Crippen molar-refractivity contribution in [3.05, 3.63) is 53.7 Å². The van der Waals surface area contributed by atoms with Crippen LogP contribution in [0, 0.1) is 0 Å². The van der Waals surface area contributed by atoms with Crippen molar-refractivity contribution >= 4 is 17.7 Å². The molecule has 190 valence electrons. The van der Waals surface area contributed by atoms with Gasteiger partial charge in [-0.3, -0.25) is 0 Å². The van der Waals surface area contributed by atoms with Crippen LogP contribution in [0.25, 0.3) is 11.4 Å². The summed E-state index contributed by atoms with van der Waals surface area (Å²) in [5.74, 6) is 1.82. The molecule has 0 spiro atoms. The van der Waals surface area contributed by atoms with Crippen LogP contribution in [0.5, 0.6) is 0 Å². The number of nitrogens with zero attached hydrogens (tertiary/aromatic N) is 7. The highest BCUT2D eigenvalue weighted by Gasteiger charge is 2.36. The average Bonchev–Trinajstić information content (AvgIpc) is 3.34. The zero-order valence-corrected chi connectivity index (χ0v) is 20.5. The van der Waals surface area contributed by atoms with Gasteiger partial charge < -0.3 is 14.7 Å². The first-order valence-corrected chi connectivity index (χ1v) is 12.5. The fourth-order valence-electron chi connectivity index (χ4n) is 4.90.